The molecule has 5 nitrogen and oxygen atoms in total. The highest BCUT2D eigenvalue weighted by atomic mass is 79.9. The van der Waals surface area contributed by atoms with Crippen LogP contribution in [0.25, 0.3) is 0 Å². The first-order valence-electron chi connectivity index (χ1n) is 5.60. The average molecular weight is 316 g/mol. The summed E-state index contributed by atoms with van der Waals surface area (Å²) in [5.41, 5.74) is -0.339. The van der Waals surface area contributed by atoms with Crippen molar-refractivity contribution >= 4 is 21.6 Å². The number of aliphatic hydroxyl groups excluding tert-OH is 1. The topological polar surface area (TPSA) is 72.6 Å². The summed E-state index contributed by atoms with van der Waals surface area (Å²) in [4.78, 5) is 10.3. The number of aliphatic hydroxyl groups is 1. The molecule has 1 N–H and O–H groups in total. The highest BCUT2D eigenvalue weighted by molar-refractivity contribution is 9.10. The Hall–Kier alpha value is -1.14. The first-order valence-corrected chi connectivity index (χ1v) is 6.39. The van der Waals surface area contributed by atoms with Crippen molar-refractivity contribution in [3.63, 3.8) is 0 Å². The normalized spacial score (nSPS) is 25.3. The third-order valence-corrected chi connectivity index (χ3v) is 3.93. The molecule has 1 aliphatic rings. The van der Waals surface area contributed by atoms with Gasteiger partial charge in [0.1, 0.15) is 11.9 Å². The molecule has 2 rings (SSSR count). The highest BCUT2D eigenvalue weighted by Gasteiger charge is 2.49. The van der Waals surface area contributed by atoms with Crippen LogP contribution in [0.15, 0.2) is 22.7 Å². The summed E-state index contributed by atoms with van der Waals surface area (Å²) < 4.78 is 6.31. The van der Waals surface area contributed by atoms with Crippen LogP contribution in [-0.2, 0) is 0 Å². The summed E-state index contributed by atoms with van der Waals surface area (Å²) in [6, 6.07) is 4.51. The number of non-ortho nitro benzene ring substituents is 1. The fourth-order valence-electron chi connectivity index (χ4n) is 1.95. The van der Waals surface area contributed by atoms with Crippen molar-refractivity contribution in [2.45, 2.75) is 32.5 Å². The molecule has 18 heavy (non-hydrogen) atoms. The van der Waals surface area contributed by atoms with E-state index in [-0.39, 0.29) is 23.3 Å². The maximum Gasteiger partial charge on any atom is 0.274 e. The van der Waals surface area contributed by atoms with E-state index in [0.29, 0.717) is 16.6 Å². The van der Waals surface area contributed by atoms with E-state index in [1.165, 1.54) is 12.1 Å². The average Bonchev–Trinajstić information content (AvgIpc) is 2.28. The minimum absolute atomic E-state index is 0.0166. The Labute approximate surface area is 113 Å². The van der Waals surface area contributed by atoms with Crippen LogP contribution < -0.4 is 4.74 Å². The van der Waals surface area contributed by atoms with Gasteiger partial charge in [-0.05, 0) is 6.07 Å². The van der Waals surface area contributed by atoms with Crippen LogP contribution in [0.4, 0.5) is 5.69 Å². The lowest BCUT2D eigenvalue weighted by Gasteiger charge is -2.48. The van der Waals surface area contributed by atoms with Gasteiger partial charge in [-0.15, -0.1) is 0 Å². The first kappa shape index (κ1) is 13.3. The van der Waals surface area contributed by atoms with Gasteiger partial charge >= 0.3 is 0 Å². The second-order valence-electron chi connectivity index (χ2n) is 5.08. The summed E-state index contributed by atoms with van der Waals surface area (Å²) in [5.74, 6) is 0.445. The zero-order valence-electron chi connectivity index (χ0n) is 10.1. The number of nitro benzene ring substituents is 1. The Bertz CT molecular complexity index is 489. The van der Waals surface area contributed by atoms with Gasteiger partial charge in [-0.3, -0.25) is 10.1 Å². The molecular formula is C12H14BrNO4. The maximum atomic E-state index is 10.7. The van der Waals surface area contributed by atoms with Gasteiger partial charge in [-0.1, -0.05) is 29.8 Å². The van der Waals surface area contributed by atoms with Gasteiger partial charge < -0.3 is 9.84 Å². The zero-order chi connectivity index (χ0) is 13.5. The number of rotatable bonds is 3. The van der Waals surface area contributed by atoms with E-state index in [0.717, 1.165) is 0 Å². The number of ether oxygens (including phenoxy) is 1. The van der Waals surface area contributed by atoms with Crippen LogP contribution in [0.1, 0.15) is 20.3 Å². The molecule has 1 aromatic carbocycles. The van der Waals surface area contributed by atoms with Crippen LogP contribution in [-0.4, -0.2) is 22.2 Å². The van der Waals surface area contributed by atoms with Gasteiger partial charge in [0.05, 0.1) is 17.1 Å². The molecule has 0 saturated heterocycles. The molecule has 0 bridgehead atoms. The smallest absolute Gasteiger partial charge is 0.274 e. The summed E-state index contributed by atoms with van der Waals surface area (Å²) >= 11 is 3.22. The Balaban J connectivity index is 2.18. The van der Waals surface area contributed by atoms with Crippen LogP contribution in [0.2, 0.25) is 0 Å². The van der Waals surface area contributed by atoms with Crippen LogP contribution >= 0.6 is 15.9 Å². The number of benzene rings is 1. The zero-order valence-corrected chi connectivity index (χ0v) is 11.7. The largest absolute Gasteiger partial charge is 0.489 e. The Morgan fingerprint density at radius 1 is 1.50 bits per heavy atom. The Kier molecular flexibility index (Phi) is 3.33. The minimum Gasteiger partial charge on any atom is -0.489 e. The maximum absolute atomic E-state index is 10.7. The van der Waals surface area contributed by atoms with Crippen LogP contribution in [0.5, 0.6) is 5.75 Å². The lowest BCUT2D eigenvalue weighted by atomic mass is 9.66. The summed E-state index contributed by atoms with van der Waals surface area (Å²) in [6.45, 7) is 3.83. The minimum atomic E-state index is -0.460. The molecule has 1 saturated carbocycles. The lowest BCUT2D eigenvalue weighted by Crippen LogP contribution is -2.56. The van der Waals surface area contributed by atoms with E-state index in [1.54, 1.807) is 6.07 Å². The lowest BCUT2D eigenvalue weighted by molar-refractivity contribution is -0.385. The van der Waals surface area contributed by atoms with Gasteiger partial charge in [0.15, 0.2) is 0 Å². The Morgan fingerprint density at radius 2 is 2.17 bits per heavy atom. The molecule has 0 radical (unpaired) electrons. The molecule has 0 heterocycles. The third-order valence-electron chi connectivity index (χ3n) is 3.47. The van der Waals surface area contributed by atoms with Crippen LogP contribution in [0.3, 0.4) is 0 Å². The van der Waals surface area contributed by atoms with E-state index >= 15 is 0 Å². The van der Waals surface area contributed by atoms with Gasteiger partial charge in [0.25, 0.3) is 5.69 Å². The standard InChI is InChI=1S/C12H14BrNO4/c1-12(2)10(15)6-11(12)18-9-4-7(13)3-8(5-9)14(16)17/h3-5,10-11,15H,6H2,1-2H3. The molecule has 1 aromatic rings. The number of hydrogen-bond donors (Lipinski definition) is 1. The number of halogens is 1. The van der Waals surface area contributed by atoms with Crippen molar-refractivity contribution in [1.29, 1.82) is 0 Å². The molecule has 0 aromatic heterocycles. The molecule has 2 unspecified atom stereocenters. The van der Waals surface area contributed by atoms with Gasteiger partial charge in [0, 0.05) is 22.4 Å². The highest BCUT2D eigenvalue weighted by Crippen LogP contribution is 2.43. The fourth-order valence-corrected chi connectivity index (χ4v) is 2.41. The number of nitrogens with zero attached hydrogens (tertiary/aromatic N) is 1. The van der Waals surface area contributed by atoms with E-state index in [2.05, 4.69) is 15.9 Å². The predicted molar refractivity (Wildman–Crippen MR) is 69.6 cm³/mol. The molecule has 0 spiro atoms. The number of hydrogen-bond acceptors (Lipinski definition) is 4. The summed E-state index contributed by atoms with van der Waals surface area (Å²) in [5, 5.41) is 20.4. The van der Waals surface area contributed by atoms with Gasteiger partial charge in [-0.2, -0.15) is 0 Å². The van der Waals surface area contributed by atoms with Crippen molar-refractivity contribution in [3.05, 3.63) is 32.8 Å². The molecule has 6 heteroatoms. The molecule has 2 atom stereocenters. The molecule has 0 aliphatic heterocycles. The molecule has 0 amide bonds. The van der Waals surface area contributed by atoms with Crippen molar-refractivity contribution in [2.24, 2.45) is 5.41 Å². The number of nitro groups is 1. The second kappa shape index (κ2) is 4.51. The fraction of sp³-hybridized carbons (Fsp3) is 0.500. The Morgan fingerprint density at radius 3 is 2.67 bits per heavy atom. The molecule has 1 aliphatic carbocycles. The first-order chi connectivity index (χ1) is 8.30. The van der Waals surface area contributed by atoms with Crippen molar-refractivity contribution < 1.29 is 14.8 Å². The van der Waals surface area contributed by atoms with E-state index in [9.17, 15) is 15.2 Å². The van der Waals surface area contributed by atoms with Crippen LogP contribution in [0, 0.1) is 15.5 Å². The van der Waals surface area contributed by atoms with Crippen molar-refractivity contribution in [3.8, 4) is 5.75 Å². The monoisotopic (exact) mass is 315 g/mol. The molecular weight excluding hydrogens is 302 g/mol. The van der Waals surface area contributed by atoms with E-state index in [1.807, 2.05) is 13.8 Å². The quantitative estimate of drug-likeness (QED) is 0.687. The van der Waals surface area contributed by atoms with Crippen molar-refractivity contribution in [1.82, 2.24) is 0 Å². The third kappa shape index (κ3) is 2.35. The SMILES string of the molecule is CC1(C)C(O)CC1Oc1cc(Br)cc([N+](=O)[O-])c1. The summed E-state index contributed by atoms with van der Waals surface area (Å²) in [7, 11) is 0. The van der Waals surface area contributed by atoms with E-state index < -0.39 is 4.92 Å². The van der Waals surface area contributed by atoms with Gasteiger partial charge in [-0.25, -0.2) is 0 Å². The summed E-state index contributed by atoms with van der Waals surface area (Å²) in [6.07, 6.45) is 0.0406. The molecule has 1 fully saturated rings. The molecule has 98 valence electrons. The van der Waals surface area contributed by atoms with Crippen molar-refractivity contribution in [2.75, 3.05) is 0 Å². The van der Waals surface area contributed by atoms with E-state index in [4.69, 9.17) is 4.74 Å². The van der Waals surface area contributed by atoms with Gasteiger partial charge in [0.2, 0.25) is 0 Å². The predicted octanol–water partition coefficient (Wildman–Crippen LogP) is 2.90. The second-order valence-corrected chi connectivity index (χ2v) is 6.00.